The highest BCUT2D eigenvalue weighted by atomic mass is 35.5. The molecule has 1 N–H and O–H groups in total. The maximum absolute atomic E-state index is 14.1. The van der Waals surface area contributed by atoms with Crippen LogP contribution in [0.1, 0.15) is 47.3 Å². The molecule has 1 aliphatic carbocycles. The number of nitrogens with zero attached hydrogens (tertiary/aromatic N) is 1. The van der Waals surface area contributed by atoms with Gasteiger partial charge in [0.15, 0.2) is 0 Å². The minimum absolute atomic E-state index is 0.0769. The number of para-hydroxylation sites is 1. The van der Waals surface area contributed by atoms with E-state index in [1.54, 1.807) is 18.2 Å². The van der Waals surface area contributed by atoms with Gasteiger partial charge in [-0.2, -0.15) is 0 Å². The van der Waals surface area contributed by atoms with Crippen molar-refractivity contribution in [1.82, 2.24) is 0 Å². The van der Waals surface area contributed by atoms with Crippen molar-refractivity contribution in [2.75, 3.05) is 4.90 Å². The molecule has 1 aliphatic heterocycles. The summed E-state index contributed by atoms with van der Waals surface area (Å²) in [6, 6.07) is 22.7. The van der Waals surface area contributed by atoms with E-state index in [9.17, 15) is 14.7 Å². The van der Waals surface area contributed by atoms with Crippen LogP contribution in [0.3, 0.4) is 0 Å². The molecule has 0 aromatic heterocycles. The predicted molar refractivity (Wildman–Crippen MR) is 125 cm³/mol. The van der Waals surface area contributed by atoms with Gasteiger partial charge in [-0.1, -0.05) is 67.9 Å². The van der Waals surface area contributed by atoms with Crippen LogP contribution in [0.5, 0.6) is 0 Å². The first-order chi connectivity index (χ1) is 15.3. The van der Waals surface area contributed by atoms with Gasteiger partial charge in [0.1, 0.15) is 0 Å². The topological polar surface area (TPSA) is 57.6 Å². The highest BCUT2D eigenvalue weighted by Gasteiger charge is 2.77. The van der Waals surface area contributed by atoms with Crippen LogP contribution in [-0.2, 0) is 22.2 Å². The number of carbonyl (C=O) groups is 2. The van der Waals surface area contributed by atoms with Gasteiger partial charge in [0.05, 0.1) is 17.5 Å². The number of anilines is 1. The number of carbonyl (C=O) groups excluding carboxylic acids is 1. The van der Waals surface area contributed by atoms with Gasteiger partial charge < -0.3 is 10.0 Å². The molecule has 1 spiro atoms. The molecule has 2 aliphatic rings. The van der Waals surface area contributed by atoms with Crippen LogP contribution in [0, 0.1) is 5.92 Å². The van der Waals surface area contributed by atoms with Gasteiger partial charge in [-0.05, 0) is 59.4 Å². The van der Waals surface area contributed by atoms with Gasteiger partial charge in [0, 0.05) is 16.1 Å². The molecule has 5 rings (SSSR count). The molecule has 1 fully saturated rings. The van der Waals surface area contributed by atoms with E-state index in [-0.39, 0.29) is 22.8 Å². The van der Waals surface area contributed by atoms with Gasteiger partial charge in [-0.15, -0.1) is 0 Å². The SMILES string of the molecule is CC(C)[C@]1(c2cccc(Cl)c2)C[C@]12C(=O)N(Cc1cccc(C(=O)O)c1)c1ccccc12. The van der Waals surface area contributed by atoms with Crippen molar-refractivity contribution in [3.63, 3.8) is 0 Å². The fourth-order valence-electron chi connectivity index (χ4n) is 5.79. The molecule has 1 amide bonds. The van der Waals surface area contributed by atoms with Crippen LogP contribution in [0.25, 0.3) is 0 Å². The molecule has 0 unspecified atom stereocenters. The van der Waals surface area contributed by atoms with Crippen molar-refractivity contribution in [3.8, 4) is 0 Å². The Kier molecular flexibility index (Phi) is 4.68. The largest absolute Gasteiger partial charge is 0.478 e. The molecule has 5 heteroatoms. The van der Waals surface area contributed by atoms with E-state index in [1.165, 1.54) is 0 Å². The number of hydrogen-bond donors (Lipinski definition) is 1. The summed E-state index contributed by atoms with van der Waals surface area (Å²) < 4.78 is 0. The lowest BCUT2D eigenvalue weighted by Crippen LogP contribution is -2.38. The molecule has 3 aromatic carbocycles. The third-order valence-corrected chi connectivity index (χ3v) is 7.52. The van der Waals surface area contributed by atoms with Gasteiger partial charge in [-0.3, -0.25) is 4.79 Å². The van der Waals surface area contributed by atoms with E-state index in [4.69, 9.17) is 11.6 Å². The molecular weight excluding hydrogens is 422 g/mol. The minimum Gasteiger partial charge on any atom is -0.478 e. The smallest absolute Gasteiger partial charge is 0.335 e. The molecule has 162 valence electrons. The number of aromatic carboxylic acids is 1. The zero-order valence-corrected chi connectivity index (χ0v) is 18.8. The second-order valence-corrected chi connectivity index (χ2v) is 9.57. The predicted octanol–water partition coefficient (Wildman–Crippen LogP) is 5.82. The first-order valence-electron chi connectivity index (χ1n) is 10.8. The number of rotatable bonds is 5. The highest BCUT2D eigenvalue weighted by molar-refractivity contribution is 6.30. The summed E-state index contributed by atoms with van der Waals surface area (Å²) in [5.74, 6) is -0.667. The lowest BCUT2D eigenvalue weighted by Gasteiger charge is -2.27. The fourth-order valence-corrected chi connectivity index (χ4v) is 5.98. The Morgan fingerprint density at radius 2 is 1.81 bits per heavy atom. The van der Waals surface area contributed by atoms with Crippen LogP contribution < -0.4 is 4.90 Å². The van der Waals surface area contributed by atoms with E-state index in [2.05, 4.69) is 26.0 Å². The molecule has 3 aromatic rings. The van der Waals surface area contributed by atoms with Crippen LogP contribution >= 0.6 is 11.6 Å². The number of carboxylic acids is 1. The summed E-state index contributed by atoms with van der Waals surface area (Å²) in [5, 5.41) is 10.0. The van der Waals surface area contributed by atoms with E-state index >= 15 is 0 Å². The minimum atomic E-state index is -0.974. The standard InChI is InChI=1S/C27H24ClNO3/c1-17(2)26(20-9-6-10-21(28)14-20)16-27(26)22-11-3-4-12-23(22)29(25(27)32)15-18-7-5-8-19(13-18)24(30)31/h3-14,17H,15-16H2,1-2H3,(H,30,31)/t26-,27-/m0/s1. The van der Waals surface area contributed by atoms with Crippen molar-refractivity contribution >= 4 is 29.2 Å². The summed E-state index contributed by atoms with van der Waals surface area (Å²) in [4.78, 5) is 27.4. The van der Waals surface area contributed by atoms with Crippen molar-refractivity contribution < 1.29 is 14.7 Å². The molecule has 4 nitrogen and oxygen atoms in total. The average molecular weight is 446 g/mol. The van der Waals surface area contributed by atoms with Crippen LogP contribution in [-0.4, -0.2) is 17.0 Å². The lowest BCUT2D eigenvalue weighted by atomic mass is 9.75. The molecule has 1 saturated carbocycles. The van der Waals surface area contributed by atoms with Crippen LogP contribution in [0.2, 0.25) is 5.02 Å². The summed E-state index contributed by atoms with van der Waals surface area (Å²) in [7, 11) is 0. The highest BCUT2D eigenvalue weighted by Crippen LogP contribution is 2.73. The Bertz CT molecular complexity index is 1250. The third-order valence-electron chi connectivity index (χ3n) is 7.29. The number of amides is 1. The van der Waals surface area contributed by atoms with E-state index in [1.807, 2.05) is 47.4 Å². The zero-order valence-electron chi connectivity index (χ0n) is 18.0. The second kappa shape index (κ2) is 7.21. The zero-order chi connectivity index (χ0) is 22.7. The maximum Gasteiger partial charge on any atom is 0.335 e. The lowest BCUT2D eigenvalue weighted by molar-refractivity contribution is -0.121. The summed E-state index contributed by atoms with van der Waals surface area (Å²) >= 11 is 6.35. The Hall–Kier alpha value is -3.11. The Morgan fingerprint density at radius 3 is 2.53 bits per heavy atom. The van der Waals surface area contributed by atoms with Gasteiger partial charge in [0.2, 0.25) is 5.91 Å². The molecule has 1 heterocycles. The molecule has 2 atom stereocenters. The Balaban J connectivity index is 1.61. The average Bonchev–Trinajstić information content (AvgIpc) is 3.45. The molecule has 32 heavy (non-hydrogen) atoms. The second-order valence-electron chi connectivity index (χ2n) is 9.13. The van der Waals surface area contributed by atoms with Crippen molar-refractivity contribution in [1.29, 1.82) is 0 Å². The summed E-state index contributed by atoms with van der Waals surface area (Å²) in [6.45, 7) is 4.68. The van der Waals surface area contributed by atoms with Gasteiger partial charge in [-0.25, -0.2) is 4.79 Å². The summed E-state index contributed by atoms with van der Waals surface area (Å²) in [5.41, 5.74) is 3.10. The van der Waals surface area contributed by atoms with Crippen molar-refractivity contribution in [2.45, 2.75) is 37.6 Å². The van der Waals surface area contributed by atoms with E-state index in [0.29, 0.717) is 11.6 Å². The number of halogens is 1. The summed E-state index contributed by atoms with van der Waals surface area (Å²) in [6.07, 6.45) is 0.736. The maximum atomic E-state index is 14.1. The normalized spacial score (nSPS) is 23.6. The monoisotopic (exact) mass is 445 g/mol. The van der Waals surface area contributed by atoms with Gasteiger partial charge in [0.25, 0.3) is 0 Å². The number of carboxylic acid groups (broad SMARTS) is 1. The number of fused-ring (bicyclic) bond motifs is 2. The molecule has 0 radical (unpaired) electrons. The Morgan fingerprint density at radius 1 is 1.06 bits per heavy atom. The molecule has 0 bridgehead atoms. The first kappa shape index (κ1) is 20.8. The third kappa shape index (κ3) is 2.75. The quantitative estimate of drug-likeness (QED) is 0.538. The van der Waals surface area contributed by atoms with Gasteiger partial charge >= 0.3 is 5.97 Å². The Labute approximate surface area is 192 Å². The van der Waals surface area contributed by atoms with Crippen LogP contribution in [0.4, 0.5) is 5.69 Å². The molecule has 0 saturated heterocycles. The molecular formula is C27H24ClNO3. The van der Waals surface area contributed by atoms with Crippen LogP contribution in [0.15, 0.2) is 72.8 Å². The van der Waals surface area contributed by atoms with E-state index in [0.717, 1.165) is 28.8 Å². The van der Waals surface area contributed by atoms with Crippen molar-refractivity contribution in [3.05, 3.63) is 100 Å². The van der Waals surface area contributed by atoms with E-state index < -0.39 is 11.4 Å². The fraction of sp³-hybridized carbons (Fsp3) is 0.259. The number of benzene rings is 3. The van der Waals surface area contributed by atoms with Crippen molar-refractivity contribution in [2.24, 2.45) is 5.92 Å². The number of hydrogen-bond acceptors (Lipinski definition) is 2. The first-order valence-corrected chi connectivity index (χ1v) is 11.2.